The zero-order chi connectivity index (χ0) is 22.1. The van der Waals surface area contributed by atoms with Gasteiger partial charge in [0.2, 0.25) is 11.8 Å². The fourth-order valence-electron chi connectivity index (χ4n) is 2.99. The number of carbonyl (C=O) groups is 2. The van der Waals surface area contributed by atoms with E-state index < -0.39 is 11.9 Å². The second-order valence-electron chi connectivity index (χ2n) is 6.66. The standard InChI is InChI=1S/C22H25Cl2FN2O2S/c1-3-20(22(29)26-4-2)27(12-15-8-10-16(23)11-9-15)21(28)14-30-13-17-18(24)6-5-7-19(17)25/h5-11,20H,3-4,12-14H2,1-2H3,(H,26,29)/t20-/m1/s1. The highest BCUT2D eigenvalue weighted by molar-refractivity contribution is 7.99. The molecule has 0 aliphatic carbocycles. The van der Waals surface area contributed by atoms with Gasteiger partial charge in [-0.05, 0) is 43.2 Å². The number of amides is 2. The minimum atomic E-state index is -0.592. The van der Waals surface area contributed by atoms with Crippen LogP contribution in [0.15, 0.2) is 42.5 Å². The molecule has 30 heavy (non-hydrogen) atoms. The Hall–Kier alpha value is -1.76. The predicted octanol–water partition coefficient (Wildman–Crippen LogP) is 5.31. The van der Waals surface area contributed by atoms with E-state index in [2.05, 4.69) is 5.32 Å². The van der Waals surface area contributed by atoms with E-state index in [1.807, 2.05) is 26.0 Å². The summed E-state index contributed by atoms with van der Waals surface area (Å²) in [4.78, 5) is 27.2. The van der Waals surface area contributed by atoms with Crippen LogP contribution in [0.5, 0.6) is 0 Å². The van der Waals surface area contributed by atoms with E-state index in [-0.39, 0.29) is 29.9 Å². The van der Waals surface area contributed by atoms with Crippen LogP contribution < -0.4 is 5.32 Å². The third-order valence-corrected chi connectivity index (χ3v) is 6.09. The van der Waals surface area contributed by atoms with Crippen LogP contribution in [-0.4, -0.2) is 35.1 Å². The lowest BCUT2D eigenvalue weighted by molar-refractivity contribution is -0.139. The van der Waals surface area contributed by atoms with E-state index >= 15 is 0 Å². The van der Waals surface area contributed by atoms with Gasteiger partial charge in [0.05, 0.1) is 5.75 Å². The van der Waals surface area contributed by atoms with Crippen molar-refractivity contribution in [3.63, 3.8) is 0 Å². The smallest absolute Gasteiger partial charge is 0.242 e. The molecule has 0 unspecified atom stereocenters. The van der Waals surface area contributed by atoms with Gasteiger partial charge in [0, 0.05) is 34.5 Å². The van der Waals surface area contributed by atoms with E-state index in [9.17, 15) is 14.0 Å². The van der Waals surface area contributed by atoms with Gasteiger partial charge in [0.25, 0.3) is 0 Å². The monoisotopic (exact) mass is 470 g/mol. The zero-order valence-electron chi connectivity index (χ0n) is 17.0. The molecule has 2 aromatic rings. The number of halogens is 3. The van der Waals surface area contributed by atoms with Gasteiger partial charge >= 0.3 is 0 Å². The van der Waals surface area contributed by atoms with Crippen LogP contribution in [0.3, 0.4) is 0 Å². The predicted molar refractivity (Wildman–Crippen MR) is 122 cm³/mol. The first-order valence-electron chi connectivity index (χ1n) is 9.69. The first-order valence-corrected chi connectivity index (χ1v) is 11.6. The maximum absolute atomic E-state index is 14.0. The second kappa shape index (κ2) is 12.2. The molecule has 2 amide bonds. The normalized spacial score (nSPS) is 11.8. The SMILES string of the molecule is CCNC(=O)[C@@H](CC)N(Cc1ccc(Cl)cc1)C(=O)CSCc1c(F)cccc1Cl. The van der Waals surface area contributed by atoms with Crippen LogP contribution in [0.25, 0.3) is 0 Å². The number of hydrogen-bond acceptors (Lipinski definition) is 3. The van der Waals surface area contributed by atoms with Crippen molar-refractivity contribution in [1.82, 2.24) is 10.2 Å². The summed E-state index contributed by atoms with van der Waals surface area (Å²) in [5.41, 5.74) is 1.25. The molecule has 0 heterocycles. The summed E-state index contributed by atoms with van der Waals surface area (Å²) in [5.74, 6) is -0.405. The molecule has 1 atom stereocenters. The van der Waals surface area contributed by atoms with E-state index in [4.69, 9.17) is 23.2 Å². The van der Waals surface area contributed by atoms with Gasteiger partial charge in [-0.15, -0.1) is 11.8 Å². The van der Waals surface area contributed by atoms with Crippen molar-refractivity contribution in [3.8, 4) is 0 Å². The molecule has 0 spiro atoms. The highest BCUT2D eigenvalue weighted by atomic mass is 35.5. The molecule has 0 bridgehead atoms. The van der Waals surface area contributed by atoms with Crippen molar-refractivity contribution in [2.24, 2.45) is 0 Å². The maximum Gasteiger partial charge on any atom is 0.242 e. The summed E-state index contributed by atoms with van der Waals surface area (Å²) in [5, 5.41) is 3.73. The van der Waals surface area contributed by atoms with Gasteiger partial charge in [0.1, 0.15) is 11.9 Å². The Balaban J connectivity index is 2.14. The van der Waals surface area contributed by atoms with Crippen LogP contribution in [0.4, 0.5) is 4.39 Å². The number of rotatable bonds is 10. The number of hydrogen-bond donors (Lipinski definition) is 1. The van der Waals surface area contributed by atoms with Crippen LogP contribution in [0.2, 0.25) is 10.0 Å². The minimum absolute atomic E-state index is 0.105. The molecule has 4 nitrogen and oxygen atoms in total. The molecule has 2 aromatic carbocycles. The average molecular weight is 471 g/mol. The Bertz CT molecular complexity index is 844. The Labute approximate surface area is 191 Å². The molecule has 0 saturated carbocycles. The summed E-state index contributed by atoms with van der Waals surface area (Å²) < 4.78 is 14.0. The van der Waals surface area contributed by atoms with Crippen molar-refractivity contribution in [2.75, 3.05) is 12.3 Å². The van der Waals surface area contributed by atoms with Crippen LogP contribution >= 0.6 is 35.0 Å². The topological polar surface area (TPSA) is 49.4 Å². The lowest BCUT2D eigenvalue weighted by Crippen LogP contribution is -2.49. The van der Waals surface area contributed by atoms with Crippen LogP contribution in [0, 0.1) is 5.82 Å². The van der Waals surface area contributed by atoms with E-state index in [1.165, 1.54) is 17.8 Å². The Morgan fingerprint density at radius 1 is 1.13 bits per heavy atom. The third kappa shape index (κ3) is 6.89. The molecule has 0 radical (unpaired) electrons. The van der Waals surface area contributed by atoms with Crippen molar-refractivity contribution in [1.29, 1.82) is 0 Å². The number of thioether (sulfide) groups is 1. The van der Waals surface area contributed by atoms with E-state index in [0.717, 1.165) is 5.56 Å². The summed E-state index contributed by atoms with van der Waals surface area (Å²) in [6.45, 7) is 4.48. The highest BCUT2D eigenvalue weighted by Crippen LogP contribution is 2.25. The van der Waals surface area contributed by atoms with Crippen molar-refractivity contribution < 1.29 is 14.0 Å². The first kappa shape index (κ1) is 24.5. The second-order valence-corrected chi connectivity index (χ2v) is 8.49. The van der Waals surface area contributed by atoms with Crippen molar-refractivity contribution >= 4 is 46.8 Å². The van der Waals surface area contributed by atoms with E-state index in [1.54, 1.807) is 29.2 Å². The van der Waals surface area contributed by atoms with Gasteiger partial charge in [-0.25, -0.2) is 4.39 Å². The van der Waals surface area contributed by atoms with Gasteiger partial charge in [-0.2, -0.15) is 0 Å². The van der Waals surface area contributed by atoms with Gasteiger partial charge in [-0.1, -0.05) is 48.3 Å². The molecule has 0 saturated heterocycles. The summed E-state index contributed by atoms with van der Waals surface area (Å²) in [6.07, 6.45) is 0.481. The fourth-order valence-corrected chi connectivity index (χ4v) is 4.37. The Morgan fingerprint density at radius 2 is 1.83 bits per heavy atom. The third-order valence-electron chi connectivity index (χ3n) is 4.54. The number of likely N-dealkylation sites (N-methyl/N-ethyl adjacent to an activating group) is 1. The zero-order valence-corrected chi connectivity index (χ0v) is 19.3. The molecule has 162 valence electrons. The molecular weight excluding hydrogens is 446 g/mol. The highest BCUT2D eigenvalue weighted by Gasteiger charge is 2.28. The first-order chi connectivity index (χ1) is 14.4. The number of carbonyl (C=O) groups excluding carboxylic acids is 2. The maximum atomic E-state index is 14.0. The molecule has 2 rings (SSSR count). The summed E-state index contributed by atoms with van der Waals surface area (Å²) in [7, 11) is 0. The Kier molecular flexibility index (Phi) is 9.95. The summed E-state index contributed by atoms with van der Waals surface area (Å²) in [6, 6.07) is 11.1. The molecule has 0 aromatic heterocycles. The van der Waals surface area contributed by atoms with Crippen LogP contribution in [0.1, 0.15) is 31.4 Å². The lowest BCUT2D eigenvalue weighted by Gasteiger charge is -2.30. The van der Waals surface area contributed by atoms with Crippen molar-refractivity contribution in [2.45, 2.75) is 38.6 Å². The number of benzene rings is 2. The average Bonchev–Trinajstić information content (AvgIpc) is 2.71. The molecule has 0 fully saturated rings. The largest absolute Gasteiger partial charge is 0.355 e. The lowest BCUT2D eigenvalue weighted by atomic mass is 10.1. The molecular formula is C22H25Cl2FN2O2S. The van der Waals surface area contributed by atoms with Gasteiger partial charge < -0.3 is 10.2 Å². The number of nitrogens with zero attached hydrogens (tertiary/aromatic N) is 1. The number of nitrogens with one attached hydrogen (secondary N) is 1. The molecule has 8 heteroatoms. The van der Waals surface area contributed by atoms with Gasteiger partial charge in [-0.3, -0.25) is 9.59 Å². The molecule has 0 aliphatic heterocycles. The fraction of sp³-hybridized carbons (Fsp3) is 0.364. The van der Waals surface area contributed by atoms with Crippen molar-refractivity contribution in [3.05, 3.63) is 69.5 Å². The van der Waals surface area contributed by atoms with Gasteiger partial charge in [0.15, 0.2) is 0 Å². The Morgan fingerprint density at radius 3 is 2.43 bits per heavy atom. The summed E-state index contributed by atoms with van der Waals surface area (Å²) >= 11 is 13.3. The van der Waals surface area contributed by atoms with E-state index in [0.29, 0.717) is 28.6 Å². The quantitative estimate of drug-likeness (QED) is 0.511. The van der Waals surface area contributed by atoms with Crippen LogP contribution in [-0.2, 0) is 21.9 Å². The molecule has 0 aliphatic rings. The molecule has 1 N–H and O–H groups in total. The minimum Gasteiger partial charge on any atom is -0.355 e.